The average molecular weight is 198 g/mol. The molecule has 0 radical (unpaired) electrons. The maximum Gasteiger partial charge on any atom is 0.0110 e. The van der Waals surface area contributed by atoms with E-state index in [0.29, 0.717) is 0 Å². The molecule has 0 aromatic carbocycles. The molecule has 84 valence electrons. The summed E-state index contributed by atoms with van der Waals surface area (Å²) in [5, 5.41) is 3.64. The van der Waals surface area contributed by atoms with Crippen molar-refractivity contribution in [3.8, 4) is 0 Å². The smallest absolute Gasteiger partial charge is 0.0110 e. The van der Waals surface area contributed by atoms with E-state index in [0.717, 1.165) is 12.1 Å². The predicted molar refractivity (Wildman–Crippen MR) is 62.6 cm³/mol. The van der Waals surface area contributed by atoms with Crippen molar-refractivity contribution in [3.63, 3.8) is 0 Å². The first-order valence-electron chi connectivity index (χ1n) is 6.29. The normalized spacial score (nSPS) is 27.4. The average Bonchev–Trinajstić information content (AvgIpc) is 2.65. The fourth-order valence-electron chi connectivity index (χ4n) is 2.56. The second kappa shape index (κ2) is 6.41. The monoisotopic (exact) mass is 198 g/mol. The van der Waals surface area contributed by atoms with E-state index in [-0.39, 0.29) is 0 Å². The SMILES string of the molecule is CCCNC1CCC(N(CC)CC)C1. The maximum atomic E-state index is 3.64. The fraction of sp³-hybridized carbons (Fsp3) is 1.00. The molecule has 2 atom stereocenters. The Bertz CT molecular complexity index is 143. The van der Waals surface area contributed by atoms with Crippen molar-refractivity contribution in [2.75, 3.05) is 19.6 Å². The quantitative estimate of drug-likeness (QED) is 0.704. The maximum absolute atomic E-state index is 3.64. The molecule has 2 nitrogen and oxygen atoms in total. The van der Waals surface area contributed by atoms with E-state index in [1.807, 2.05) is 0 Å². The van der Waals surface area contributed by atoms with Gasteiger partial charge in [-0.25, -0.2) is 0 Å². The van der Waals surface area contributed by atoms with Gasteiger partial charge in [-0.15, -0.1) is 0 Å². The van der Waals surface area contributed by atoms with Gasteiger partial charge in [0, 0.05) is 12.1 Å². The van der Waals surface area contributed by atoms with Crippen LogP contribution in [-0.2, 0) is 0 Å². The van der Waals surface area contributed by atoms with Crippen molar-refractivity contribution < 1.29 is 0 Å². The van der Waals surface area contributed by atoms with Crippen LogP contribution in [0.15, 0.2) is 0 Å². The minimum Gasteiger partial charge on any atom is -0.314 e. The molecular weight excluding hydrogens is 172 g/mol. The van der Waals surface area contributed by atoms with Crippen molar-refractivity contribution in [2.45, 2.75) is 58.5 Å². The van der Waals surface area contributed by atoms with Gasteiger partial charge in [0.2, 0.25) is 0 Å². The minimum atomic E-state index is 0.792. The van der Waals surface area contributed by atoms with Crippen LogP contribution in [-0.4, -0.2) is 36.6 Å². The Hall–Kier alpha value is -0.0800. The molecule has 1 saturated carbocycles. The Labute approximate surface area is 89.1 Å². The third kappa shape index (κ3) is 3.25. The highest BCUT2D eigenvalue weighted by atomic mass is 15.2. The van der Waals surface area contributed by atoms with Gasteiger partial charge in [0.05, 0.1) is 0 Å². The molecule has 0 amide bonds. The second-order valence-electron chi connectivity index (χ2n) is 4.34. The molecule has 0 aromatic heterocycles. The van der Waals surface area contributed by atoms with Crippen LogP contribution < -0.4 is 5.32 Å². The van der Waals surface area contributed by atoms with E-state index in [9.17, 15) is 0 Å². The Balaban J connectivity index is 2.25. The molecular formula is C12H26N2. The highest BCUT2D eigenvalue weighted by Gasteiger charge is 2.26. The van der Waals surface area contributed by atoms with Crippen LogP contribution in [0.25, 0.3) is 0 Å². The third-order valence-corrected chi connectivity index (χ3v) is 3.42. The van der Waals surface area contributed by atoms with Gasteiger partial charge in [-0.3, -0.25) is 0 Å². The molecule has 0 bridgehead atoms. The highest BCUT2D eigenvalue weighted by Crippen LogP contribution is 2.23. The molecule has 1 N–H and O–H groups in total. The molecule has 1 aliphatic rings. The highest BCUT2D eigenvalue weighted by molar-refractivity contribution is 4.86. The van der Waals surface area contributed by atoms with Gasteiger partial charge in [0.15, 0.2) is 0 Å². The Kier molecular flexibility index (Phi) is 5.49. The fourth-order valence-corrected chi connectivity index (χ4v) is 2.56. The lowest BCUT2D eigenvalue weighted by Gasteiger charge is -2.26. The minimum absolute atomic E-state index is 0.792. The van der Waals surface area contributed by atoms with E-state index >= 15 is 0 Å². The van der Waals surface area contributed by atoms with Gasteiger partial charge in [0.25, 0.3) is 0 Å². The van der Waals surface area contributed by atoms with Crippen molar-refractivity contribution in [1.29, 1.82) is 0 Å². The van der Waals surface area contributed by atoms with Crippen LogP contribution in [0.3, 0.4) is 0 Å². The number of rotatable bonds is 6. The first-order valence-corrected chi connectivity index (χ1v) is 6.29. The zero-order valence-corrected chi connectivity index (χ0v) is 10.1. The van der Waals surface area contributed by atoms with E-state index in [1.54, 1.807) is 0 Å². The predicted octanol–water partition coefficient (Wildman–Crippen LogP) is 2.25. The number of nitrogens with zero attached hydrogens (tertiary/aromatic N) is 1. The molecule has 1 fully saturated rings. The van der Waals surface area contributed by atoms with Crippen molar-refractivity contribution in [1.82, 2.24) is 10.2 Å². The van der Waals surface area contributed by atoms with Crippen LogP contribution in [0.5, 0.6) is 0 Å². The van der Waals surface area contributed by atoms with Gasteiger partial charge in [0.1, 0.15) is 0 Å². The summed E-state index contributed by atoms with van der Waals surface area (Å²) in [7, 11) is 0. The molecule has 14 heavy (non-hydrogen) atoms. The summed E-state index contributed by atoms with van der Waals surface area (Å²) in [4.78, 5) is 2.60. The Morgan fingerprint density at radius 3 is 2.43 bits per heavy atom. The largest absolute Gasteiger partial charge is 0.314 e. The van der Waals surface area contributed by atoms with E-state index in [1.165, 1.54) is 45.3 Å². The van der Waals surface area contributed by atoms with E-state index in [2.05, 4.69) is 31.0 Å². The van der Waals surface area contributed by atoms with E-state index in [4.69, 9.17) is 0 Å². The van der Waals surface area contributed by atoms with Crippen LogP contribution in [0.2, 0.25) is 0 Å². The van der Waals surface area contributed by atoms with Crippen molar-refractivity contribution in [3.05, 3.63) is 0 Å². The van der Waals surface area contributed by atoms with Gasteiger partial charge in [-0.05, 0) is 45.3 Å². The Morgan fingerprint density at radius 1 is 1.14 bits per heavy atom. The number of nitrogens with one attached hydrogen (secondary N) is 1. The van der Waals surface area contributed by atoms with Gasteiger partial charge < -0.3 is 10.2 Å². The number of hydrogen-bond donors (Lipinski definition) is 1. The lowest BCUT2D eigenvalue weighted by molar-refractivity contribution is 0.217. The topological polar surface area (TPSA) is 15.3 Å². The summed E-state index contributed by atoms with van der Waals surface area (Å²) in [6.07, 6.45) is 5.39. The summed E-state index contributed by atoms with van der Waals surface area (Å²) in [5.74, 6) is 0. The van der Waals surface area contributed by atoms with Crippen LogP contribution in [0.4, 0.5) is 0 Å². The summed E-state index contributed by atoms with van der Waals surface area (Å²) < 4.78 is 0. The van der Waals surface area contributed by atoms with Crippen LogP contribution >= 0.6 is 0 Å². The standard InChI is InChI=1S/C12H26N2/c1-4-9-13-11-7-8-12(10-11)14(5-2)6-3/h11-13H,4-10H2,1-3H3. The van der Waals surface area contributed by atoms with Gasteiger partial charge in [-0.1, -0.05) is 20.8 Å². The van der Waals surface area contributed by atoms with Gasteiger partial charge in [-0.2, -0.15) is 0 Å². The molecule has 0 spiro atoms. The van der Waals surface area contributed by atoms with Crippen molar-refractivity contribution in [2.24, 2.45) is 0 Å². The van der Waals surface area contributed by atoms with E-state index < -0.39 is 0 Å². The van der Waals surface area contributed by atoms with Crippen LogP contribution in [0, 0.1) is 0 Å². The first kappa shape index (κ1) is 12.0. The summed E-state index contributed by atoms with van der Waals surface area (Å²) >= 11 is 0. The molecule has 0 aromatic rings. The third-order valence-electron chi connectivity index (χ3n) is 3.42. The molecule has 0 heterocycles. The molecule has 0 saturated heterocycles. The lowest BCUT2D eigenvalue weighted by Crippen LogP contribution is -2.35. The lowest BCUT2D eigenvalue weighted by atomic mass is 10.2. The van der Waals surface area contributed by atoms with Crippen molar-refractivity contribution >= 4 is 0 Å². The second-order valence-corrected chi connectivity index (χ2v) is 4.34. The zero-order valence-electron chi connectivity index (χ0n) is 10.1. The molecule has 1 rings (SSSR count). The summed E-state index contributed by atoms with van der Waals surface area (Å²) in [6.45, 7) is 10.4. The first-order chi connectivity index (χ1) is 6.81. The molecule has 0 aliphatic heterocycles. The van der Waals surface area contributed by atoms with Gasteiger partial charge >= 0.3 is 0 Å². The van der Waals surface area contributed by atoms with Crippen LogP contribution in [0.1, 0.15) is 46.5 Å². The zero-order chi connectivity index (χ0) is 10.4. The molecule has 2 heteroatoms. The molecule has 2 unspecified atom stereocenters. The summed E-state index contributed by atoms with van der Waals surface area (Å²) in [6, 6.07) is 1.64. The number of hydrogen-bond acceptors (Lipinski definition) is 2. The summed E-state index contributed by atoms with van der Waals surface area (Å²) in [5.41, 5.74) is 0. The molecule has 1 aliphatic carbocycles. The Morgan fingerprint density at radius 2 is 1.86 bits per heavy atom.